The van der Waals surface area contributed by atoms with Crippen LogP contribution < -0.4 is 10.1 Å². The first-order valence-corrected chi connectivity index (χ1v) is 9.43. The molecule has 3 heterocycles. The molecule has 1 saturated heterocycles. The Hall–Kier alpha value is -1.88. The number of halogens is 1. The molecule has 0 amide bonds. The summed E-state index contributed by atoms with van der Waals surface area (Å²) < 4.78 is 10.4. The first-order chi connectivity index (χ1) is 13.3. The quantitative estimate of drug-likeness (QED) is 0.355. The SMILES string of the molecule is CCCOc1ccc(CNC(=NC)N2CCN(Cc3ccon3)CC2)cn1.I. The molecule has 0 radical (unpaired) electrons. The third kappa shape index (κ3) is 6.62. The zero-order valence-electron chi connectivity index (χ0n) is 16.5. The van der Waals surface area contributed by atoms with Crippen LogP contribution in [0.1, 0.15) is 24.6 Å². The molecule has 0 aromatic carbocycles. The lowest BCUT2D eigenvalue weighted by molar-refractivity contribution is 0.169. The van der Waals surface area contributed by atoms with E-state index in [0.29, 0.717) is 19.0 Å². The number of rotatable bonds is 7. The minimum Gasteiger partial charge on any atom is -0.478 e. The fraction of sp³-hybridized carbons (Fsp3) is 0.526. The van der Waals surface area contributed by atoms with E-state index >= 15 is 0 Å². The standard InChI is InChI=1S/C19H28N6O2.HI/c1-3-11-26-18-5-4-16(13-21-18)14-22-19(20-2)25-9-7-24(8-10-25)15-17-6-12-27-23-17;/h4-6,12-13H,3,7-11,14-15H2,1-2H3,(H,20,22);1H. The molecule has 1 N–H and O–H groups in total. The largest absolute Gasteiger partial charge is 0.478 e. The van der Waals surface area contributed by atoms with Crippen LogP contribution in [0.5, 0.6) is 5.88 Å². The highest BCUT2D eigenvalue weighted by Gasteiger charge is 2.20. The Morgan fingerprint density at radius 3 is 2.68 bits per heavy atom. The highest BCUT2D eigenvalue weighted by Crippen LogP contribution is 2.09. The van der Waals surface area contributed by atoms with Gasteiger partial charge >= 0.3 is 0 Å². The molecule has 28 heavy (non-hydrogen) atoms. The van der Waals surface area contributed by atoms with Gasteiger partial charge in [-0.15, -0.1) is 24.0 Å². The number of aliphatic imine (C=N–C) groups is 1. The monoisotopic (exact) mass is 500 g/mol. The molecule has 0 unspecified atom stereocenters. The normalized spacial score (nSPS) is 15.2. The lowest BCUT2D eigenvalue weighted by Gasteiger charge is -2.36. The number of ether oxygens (including phenoxy) is 1. The van der Waals surface area contributed by atoms with Crippen molar-refractivity contribution in [1.82, 2.24) is 25.3 Å². The van der Waals surface area contributed by atoms with Crippen LogP contribution in [-0.4, -0.2) is 65.7 Å². The number of aromatic nitrogens is 2. The average Bonchev–Trinajstić information content (AvgIpc) is 3.22. The zero-order chi connectivity index (χ0) is 18.9. The first kappa shape index (κ1) is 22.4. The summed E-state index contributed by atoms with van der Waals surface area (Å²) in [6, 6.07) is 5.87. The predicted molar refractivity (Wildman–Crippen MR) is 119 cm³/mol. The molecule has 154 valence electrons. The molecular weight excluding hydrogens is 471 g/mol. The van der Waals surface area contributed by atoms with Crippen molar-refractivity contribution < 1.29 is 9.26 Å². The van der Waals surface area contributed by atoms with Crippen molar-refractivity contribution in [3.8, 4) is 5.88 Å². The van der Waals surface area contributed by atoms with Gasteiger partial charge in [0.25, 0.3) is 0 Å². The van der Waals surface area contributed by atoms with Crippen molar-refractivity contribution in [2.75, 3.05) is 39.8 Å². The smallest absolute Gasteiger partial charge is 0.213 e. The summed E-state index contributed by atoms with van der Waals surface area (Å²) in [6.45, 7) is 8.09. The zero-order valence-corrected chi connectivity index (χ0v) is 18.8. The number of hydrogen-bond donors (Lipinski definition) is 1. The van der Waals surface area contributed by atoms with Crippen LogP contribution in [0.25, 0.3) is 0 Å². The minimum absolute atomic E-state index is 0. The van der Waals surface area contributed by atoms with Crippen molar-refractivity contribution in [2.45, 2.75) is 26.4 Å². The predicted octanol–water partition coefficient (Wildman–Crippen LogP) is 2.37. The maximum Gasteiger partial charge on any atom is 0.213 e. The Morgan fingerprint density at radius 2 is 2.07 bits per heavy atom. The molecule has 9 heteroatoms. The van der Waals surface area contributed by atoms with Gasteiger partial charge in [-0.3, -0.25) is 9.89 Å². The molecule has 0 aliphatic carbocycles. The molecule has 1 aliphatic rings. The maximum atomic E-state index is 5.52. The van der Waals surface area contributed by atoms with Crippen LogP contribution >= 0.6 is 24.0 Å². The summed E-state index contributed by atoms with van der Waals surface area (Å²) in [4.78, 5) is 13.4. The van der Waals surface area contributed by atoms with E-state index in [1.54, 1.807) is 6.26 Å². The Kier molecular flexibility index (Phi) is 9.48. The molecule has 0 bridgehead atoms. The van der Waals surface area contributed by atoms with Gasteiger partial charge in [0.2, 0.25) is 5.88 Å². The number of guanidine groups is 1. The Morgan fingerprint density at radius 1 is 1.25 bits per heavy atom. The first-order valence-electron chi connectivity index (χ1n) is 9.43. The fourth-order valence-corrected chi connectivity index (χ4v) is 2.99. The Balaban J connectivity index is 0.00000280. The van der Waals surface area contributed by atoms with E-state index in [9.17, 15) is 0 Å². The lowest BCUT2D eigenvalue weighted by Crippen LogP contribution is -2.52. The molecular formula is C19H29IN6O2. The summed E-state index contributed by atoms with van der Waals surface area (Å²) in [5.41, 5.74) is 2.08. The molecule has 2 aromatic rings. The number of hydrogen-bond acceptors (Lipinski definition) is 6. The second-order valence-corrected chi connectivity index (χ2v) is 6.51. The van der Waals surface area contributed by atoms with Gasteiger partial charge in [0.1, 0.15) is 6.26 Å². The van der Waals surface area contributed by atoms with E-state index in [4.69, 9.17) is 9.26 Å². The van der Waals surface area contributed by atoms with Gasteiger partial charge in [0.15, 0.2) is 5.96 Å². The summed E-state index contributed by atoms with van der Waals surface area (Å²) >= 11 is 0. The number of pyridine rings is 1. The molecule has 0 atom stereocenters. The van der Waals surface area contributed by atoms with Gasteiger partial charge in [0.05, 0.1) is 12.3 Å². The topological polar surface area (TPSA) is 79.0 Å². The third-order valence-electron chi connectivity index (χ3n) is 4.46. The van der Waals surface area contributed by atoms with Crippen molar-refractivity contribution in [1.29, 1.82) is 0 Å². The Bertz CT molecular complexity index is 700. The van der Waals surface area contributed by atoms with E-state index in [-0.39, 0.29) is 24.0 Å². The fourth-order valence-electron chi connectivity index (χ4n) is 2.99. The van der Waals surface area contributed by atoms with Crippen LogP contribution in [0, 0.1) is 0 Å². The van der Waals surface area contributed by atoms with Gasteiger partial charge in [0, 0.05) is 64.6 Å². The van der Waals surface area contributed by atoms with Gasteiger partial charge in [-0.2, -0.15) is 0 Å². The molecule has 0 spiro atoms. The maximum absolute atomic E-state index is 5.52. The summed E-state index contributed by atoms with van der Waals surface area (Å²) in [7, 11) is 1.82. The van der Waals surface area contributed by atoms with Crippen molar-refractivity contribution in [3.63, 3.8) is 0 Å². The number of nitrogens with one attached hydrogen (secondary N) is 1. The third-order valence-corrected chi connectivity index (χ3v) is 4.46. The number of piperazine rings is 1. The molecule has 3 rings (SSSR count). The van der Waals surface area contributed by atoms with E-state index in [2.05, 4.69) is 37.2 Å². The van der Waals surface area contributed by atoms with E-state index in [0.717, 1.165) is 56.4 Å². The van der Waals surface area contributed by atoms with E-state index < -0.39 is 0 Å². The molecule has 8 nitrogen and oxygen atoms in total. The number of nitrogens with zero attached hydrogens (tertiary/aromatic N) is 5. The van der Waals surface area contributed by atoms with Crippen molar-refractivity contribution in [3.05, 3.63) is 41.9 Å². The summed E-state index contributed by atoms with van der Waals surface area (Å²) in [5, 5.41) is 7.41. The lowest BCUT2D eigenvalue weighted by atomic mass is 10.2. The van der Waals surface area contributed by atoms with Crippen LogP contribution in [-0.2, 0) is 13.1 Å². The van der Waals surface area contributed by atoms with Gasteiger partial charge in [-0.25, -0.2) is 4.98 Å². The second-order valence-electron chi connectivity index (χ2n) is 6.51. The van der Waals surface area contributed by atoms with Crippen molar-refractivity contribution in [2.24, 2.45) is 4.99 Å². The highest BCUT2D eigenvalue weighted by molar-refractivity contribution is 14.0. The van der Waals surface area contributed by atoms with Crippen LogP contribution in [0.3, 0.4) is 0 Å². The van der Waals surface area contributed by atoms with Crippen molar-refractivity contribution >= 4 is 29.9 Å². The minimum atomic E-state index is 0. The molecule has 2 aromatic heterocycles. The van der Waals surface area contributed by atoms with Crippen LogP contribution in [0.4, 0.5) is 0 Å². The Labute approximate surface area is 183 Å². The highest BCUT2D eigenvalue weighted by atomic mass is 127. The van der Waals surface area contributed by atoms with Gasteiger partial charge in [-0.05, 0) is 12.0 Å². The van der Waals surface area contributed by atoms with Crippen LogP contribution in [0.15, 0.2) is 40.2 Å². The average molecular weight is 500 g/mol. The molecule has 1 aliphatic heterocycles. The summed E-state index contributed by atoms with van der Waals surface area (Å²) in [5.74, 6) is 1.59. The second kappa shape index (κ2) is 11.8. The van der Waals surface area contributed by atoms with E-state index in [1.165, 1.54) is 0 Å². The van der Waals surface area contributed by atoms with Crippen LogP contribution in [0.2, 0.25) is 0 Å². The van der Waals surface area contributed by atoms with E-state index in [1.807, 2.05) is 31.4 Å². The van der Waals surface area contributed by atoms with Gasteiger partial charge in [-0.1, -0.05) is 18.1 Å². The molecule has 0 saturated carbocycles. The molecule has 1 fully saturated rings. The summed E-state index contributed by atoms with van der Waals surface area (Å²) in [6.07, 6.45) is 4.45. The van der Waals surface area contributed by atoms with Gasteiger partial charge < -0.3 is 19.5 Å².